The van der Waals surface area contributed by atoms with Gasteiger partial charge in [-0.05, 0) is 54.1 Å². The van der Waals surface area contributed by atoms with E-state index in [1.807, 2.05) is 13.8 Å². The predicted octanol–water partition coefficient (Wildman–Crippen LogP) is 3.46. The van der Waals surface area contributed by atoms with Gasteiger partial charge in [0.25, 0.3) is 0 Å². The van der Waals surface area contributed by atoms with E-state index in [9.17, 15) is 4.79 Å². The van der Waals surface area contributed by atoms with Gasteiger partial charge in [-0.3, -0.25) is 4.79 Å². The van der Waals surface area contributed by atoms with E-state index in [1.165, 1.54) is 0 Å². The van der Waals surface area contributed by atoms with Gasteiger partial charge in [0, 0.05) is 18.8 Å². The fourth-order valence-corrected chi connectivity index (χ4v) is 3.53. The number of nitrogens with one attached hydrogen (secondary N) is 1. The van der Waals surface area contributed by atoms with Crippen LogP contribution in [0.2, 0.25) is 0 Å². The summed E-state index contributed by atoms with van der Waals surface area (Å²) in [5, 5.41) is 12.4. The van der Waals surface area contributed by atoms with Crippen molar-refractivity contribution in [1.82, 2.24) is 10.2 Å². The van der Waals surface area contributed by atoms with Gasteiger partial charge in [-0.1, -0.05) is 13.8 Å². The van der Waals surface area contributed by atoms with E-state index in [0.29, 0.717) is 5.41 Å². The number of allylic oxidation sites excluding steroid dienone is 2. The van der Waals surface area contributed by atoms with Crippen LogP contribution in [0.5, 0.6) is 0 Å². The number of dihydropyridines is 1. The van der Waals surface area contributed by atoms with Crippen molar-refractivity contribution in [2.24, 2.45) is 5.41 Å². The second-order valence-electron chi connectivity index (χ2n) is 7.23. The van der Waals surface area contributed by atoms with E-state index in [-0.39, 0.29) is 6.42 Å². The Labute approximate surface area is 135 Å². The van der Waals surface area contributed by atoms with Crippen LogP contribution in [0.25, 0.3) is 0 Å². The van der Waals surface area contributed by atoms with Crippen LogP contribution in [0.4, 0.5) is 0 Å². The number of hydrogen-bond acceptors (Lipinski definition) is 3. The van der Waals surface area contributed by atoms with Crippen molar-refractivity contribution >= 4 is 21.9 Å². The molecule has 0 aromatic rings. The smallest absolute Gasteiger partial charge is 0.306 e. The van der Waals surface area contributed by atoms with Crippen molar-refractivity contribution in [1.29, 1.82) is 0 Å². The topological polar surface area (TPSA) is 52.6 Å². The SMILES string of the molecule is CC1=C(Br)C(N2CCC(C)(C)CC2)=CC(C)(CC(=O)O)N1. The molecule has 1 saturated heterocycles. The van der Waals surface area contributed by atoms with Crippen molar-refractivity contribution < 1.29 is 9.90 Å². The lowest BCUT2D eigenvalue weighted by molar-refractivity contribution is -0.138. The molecule has 2 rings (SSSR count). The molecule has 2 aliphatic heterocycles. The van der Waals surface area contributed by atoms with Gasteiger partial charge in [-0.2, -0.15) is 0 Å². The monoisotopic (exact) mass is 356 g/mol. The summed E-state index contributed by atoms with van der Waals surface area (Å²) in [7, 11) is 0. The Bertz CT molecular complexity index is 500. The highest BCUT2D eigenvalue weighted by atomic mass is 79.9. The van der Waals surface area contributed by atoms with E-state index < -0.39 is 11.5 Å². The third-order valence-corrected chi connectivity index (χ3v) is 5.46. The summed E-state index contributed by atoms with van der Waals surface area (Å²) < 4.78 is 1.05. The number of nitrogens with zero attached hydrogens (tertiary/aromatic N) is 1. The molecule has 0 bridgehead atoms. The van der Waals surface area contributed by atoms with Gasteiger partial charge in [0.1, 0.15) is 0 Å². The zero-order valence-electron chi connectivity index (χ0n) is 13.3. The fraction of sp³-hybridized carbons (Fsp3) is 0.688. The van der Waals surface area contributed by atoms with Gasteiger partial charge in [0.15, 0.2) is 0 Å². The number of rotatable bonds is 3. The number of aliphatic carboxylic acids is 1. The Kier molecular flexibility index (Phi) is 4.43. The van der Waals surface area contributed by atoms with Gasteiger partial charge in [0.2, 0.25) is 0 Å². The van der Waals surface area contributed by atoms with Crippen LogP contribution in [0.1, 0.15) is 47.0 Å². The lowest BCUT2D eigenvalue weighted by Crippen LogP contribution is -2.47. The van der Waals surface area contributed by atoms with E-state index in [1.54, 1.807) is 0 Å². The molecule has 0 aromatic heterocycles. The predicted molar refractivity (Wildman–Crippen MR) is 88.1 cm³/mol. The van der Waals surface area contributed by atoms with Gasteiger partial charge in [0.05, 0.1) is 22.1 Å². The molecular weight excluding hydrogens is 332 g/mol. The van der Waals surface area contributed by atoms with Crippen molar-refractivity contribution in [3.05, 3.63) is 22.0 Å². The lowest BCUT2D eigenvalue weighted by atomic mass is 9.82. The van der Waals surface area contributed by atoms with Gasteiger partial charge in [-0.15, -0.1) is 0 Å². The molecule has 0 radical (unpaired) electrons. The summed E-state index contributed by atoms with van der Waals surface area (Å²) in [5.74, 6) is -0.786. The molecule has 0 saturated carbocycles. The molecule has 2 aliphatic rings. The van der Waals surface area contributed by atoms with Crippen LogP contribution in [0, 0.1) is 5.41 Å². The summed E-state index contributed by atoms with van der Waals surface area (Å²) in [6.07, 6.45) is 4.46. The molecule has 2 heterocycles. The Morgan fingerprint density at radius 3 is 2.48 bits per heavy atom. The first-order chi connectivity index (χ1) is 9.62. The molecule has 2 N–H and O–H groups in total. The molecule has 0 aromatic carbocycles. The Morgan fingerprint density at radius 2 is 1.95 bits per heavy atom. The van der Waals surface area contributed by atoms with Crippen LogP contribution in [-0.2, 0) is 4.79 Å². The maximum Gasteiger partial charge on any atom is 0.306 e. The minimum atomic E-state index is -0.786. The van der Waals surface area contributed by atoms with Crippen LogP contribution in [-0.4, -0.2) is 34.6 Å². The average Bonchev–Trinajstić information content (AvgIpc) is 2.33. The number of carboxylic acids is 1. The molecule has 1 atom stereocenters. The standard InChI is InChI=1S/C16H25BrN2O2/c1-11-14(17)12(9-16(4,18-11)10-13(20)21)19-7-5-15(2,3)6-8-19/h9,18H,5-8,10H2,1-4H3,(H,20,21). The Balaban J connectivity index is 2.24. The molecule has 0 spiro atoms. The summed E-state index contributed by atoms with van der Waals surface area (Å²) in [4.78, 5) is 13.5. The zero-order chi connectivity index (χ0) is 15.8. The van der Waals surface area contributed by atoms with Crippen molar-refractivity contribution in [2.45, 2.75) is 52.5 Å². The normalized spacial score (nSPS) is 29.0. The number of piperidine rings is 1. The quantitative estimate of drug-likeness (QED) is 0.812. The summed E-state index contributed by atoms with van der Waals surface area (Å²) in [6, 6.07) is 0. The fourth-order valence-electron chi connectivity index (χ4n) is 3.07. The van der Waals surface area contributed by atoms with Crippen LogP contribution in [0.15, 0.2) is 22.0 Å². The molecule has 0 aliphatic carbocycles. The maximum atomic E-state index is 11.1. The molecule has 5 heteroatoms. The summed E-state index contributed by atoms with van der Waals surface area (Å²) in [6.45, 7) is 10.6. The van der Waals surface area contributed by atoms with Gasteiger partial charge in [-0.25, -0.2) is 0 Å². The van der Waals surface area contributed by atoms with Crippen LogP contribution >= 0.6 is 15.9 Å². The van der Waals surface area contributed by atoms with E-state index in [2.05, 4.69) is 46.1 Å². The van der Waals surface area contributed by atoms with E-state index in [0.717, 1.165) is 41.8 Å². The number of likely N-dealkylation sites (tertiary alicyclic amines) is 1. The first-order valence-corrected chi connectivity index (χ1v) is 8.26. The molecule has 1 fully saturated rings. The molecule has 21 heavy (non-hydrogen) atoms. The van der Waals surface area contributed by atoms with Gasteiger partial charge < -0.3 is 15.3 Å². The van der Waals surface area contributed by atoms with E-state index >= 15 is 0 Å². The second kappa shape index (κ2) is 5.67. The van der Waals surface area contributed by atoms with Crippen LogP contribution in [0.3, 0.4) is 0 Å². The first-order valence-electron chi connectivity index (χ1n) is 7.46. The largest absolute Gasteiger partial charge is 0.481 e. The van der Waals surface area contributed by atoms with Gasteiger partial charge >= 0.3 is 5.97 Å². The number of halogens is 1. The third-order valence-electron chi connectivity index (χ3n) is 4.46. The third kappa shape index (κ3) is 3.82. The number of carbonyl (C=O) groups is 1. The summed E-state index contributed by atoms with van der Waals surface area (Å²) in [5.41, 5.74) is 2.00. The molecular formula is C16H25BrN2O2. The maximum absolute atomic E-state index is 11.1. The highest BCUT2D eigenvalue weighted by molar-refractivity contribution is 9.12. The minimum absolute atomic E-state index is 0.0768. The van der Waals surface area contributed by atoms with E-state index in [4.69, 9.17) is 5.11 Å². The molecule has 0 amide bonds. The van der Waals surface area contributed by atoms with Crippen LogP contribution < -0.4 is 5.32 Å². The highest BCUT2D eigenvalue weighted by Crippen LogP contribution is 2.37. The second-order valence-corrected chi connectivity index (χ2v) is 8.03. The molecule has 1 unspecified atom stereocenters. The average molecular weight is 357 g/mol. The van der Waals surface area contributed by atoms with Crippen molar-refractivity contribution in [2.75, 3.05) is 13.1 Å². The molecule has 118 valence electrons. The first kappa shape index (κ1) is 16.4. The zero-order valence-corrected chi connectivity index (χ0v) is 14.9. The highest BCUT2D eigenvalue weighted by Gasteiger charge is 2.34. The van der Waals surface area contributed by atoms with Crippen molar-refractivity contribution in [3.8, 4) is 0 Å². The Hall–Kier alpha value is -0.970. The van der Waals surface area contributed by atoms with Crippen molar-refractivity contribution in [3.63, 3.8) is 0 Å². The summed E-state index contributed by atoms with van der Waals surface area (Å²) >= 11 is 3.66. The number of hydrogen-bond donors (Lipinski definition) is 2. The Morgan fingerprint density at radius 1 is 1.38 bits per heavy atom. The lowest BCUT2D eigenvalue weighted by Gasteiger charge is -2.42. The minimum Gasteiger partial charge on any atom is -0.481 e. The molecule has 4 nitrogen and oxygen atoms in total. The number of carboxylic acid groups (broad SMARTS) is 1.